The zero-order valence-electron chi connectivity index (χ0n) is 19.5. The zero-order chi connectivity index (χ0) is 25.0. The average molecular weight is 487 g/mol. The predicted molar refractivity (Wildman–Crippen MR) is 124 cm³/mol. The number of hydrogen-bond acceptors (Lipinski definition) is 6. The molecule has 34 heavy (non-hydrogen) atoms. The molecule has 1 aliphatic rings. The van der Waals surface area contributed by atoms with Gasteiger partial charge in [-0.25, -0.2) is 4.79 Å². The number of methoxy groups -OCH3 is 1. The molecule has 180 valence electrons. The maximum absolute atomic E-state index is 13.5. The Labute approximate surface area is 203 Å². The van der Waals surface area contributed by atoms with E-state index in [1.54, 1.807) is 30.3 Å². The normalized spacial score (nSPS) is 17.4. The molecule has 0 aromatic heterocycles. The minimum absolute atomic E-state index is 0.148. The molecule has 2 aromatic rings. The number of esters is 1. The fraction of sp³-hybridized carbons (Fsp3) is 0.320. The maximum atomic E-state index is 13.5. The van der Waals surface area contributed by atoms with Crippen LogP contribution in [0.1, 0.15) is 34.5 Å². The summed E-state index contributed by atoms with van der Waals surface area (Å²) in [5.41, 5.74) is 0.893. The van der Waals surface area contributed by atoms with Crippen LogP contribution in [-0.4, -0.2) is 63.5 Å². The molecular formula is C25H27ClN2O6. The van der Waals surface area contributed by atoms with Crippen molar-refractivity contribution < 1.29 is 33.9 Å². The van der Waals surface area contributed by atoms with Crippen LogP contribution in [0.15, 0.2) is 48.0 Å². The number of likely N-dealkylation sites (N-methyl/N-ethyl adjacent to an activating group) is 1. The smallest absolute Gasteiger partial charge is 0.337 e. The molecule has 0 spiro atoms. The second-order valence-corrected chi connectivity index (χ2v) is 8.53. The lowest BCUT2D eigenvalue weighted by Gasteiger charge is -2.28. The highest BCUT2D eigenvalue weighted by Gasteiger charge is 2.44. The van der Waals surface area contributed by atoms with Gasteiger partial charge in [0.15, 0.2) is 0 Å². The summed E-state index contributed by atoms with van der Waals surface area (Å²) in [5.74, 6) is -2.24. The van der Waals surface area contributed by atoms with Gasteiger partial charge in [0.2, 0.25) is 5.78 Å². The monoisotopic (exact) mass is 486 g/mol. The topological polar surface area (TPSA) is 100 Å². The molecule has 1 N–H and O–H groups in total. The summed E-state index contributed by atoms with van der Waals surface area (Å²) in [4.78, 5) is 40.3. The van der Waals surface area contributed by atoms with Gasteiger partial charge < -0.3 is 24.4 Å². The molecule has 0 aliphatic carbocycles. The van der Waals surface area contributed by atoms with Crippen molar-refractivity contribution in [3.63, 3.8) is 0 Å². The van der Waals surface area contributed by atoms with Gasteiger partial charge in [-0.1, -0.05) is 35.6 Å². The fourth-order valence-electron chi connectivity index (χ4n) is 3.78. The number of carbonyl (C=O) groups excluding carboxylic acids is 3. The summed E-state index contributed by atoms with van der Waals surface area (Å²) in [6, 6.07) is 9.96. The third-order valence-corrected chi connectivity index (χ3v) is 5.82. The lowest BCUT2D eigenvalue weighted by Crippen LogP contribution is -3.06. The number of hydrogen-bond donors (Lipinski definition) is 1. The molecule has 1 heterocycles. The fourth-order valence-corrected chi connectivity index (χ4v) is 4.02. The van der Waals surface area contributed by atoms with Gasteiger partial charge in [0, 0.05) is 5.57 Å². The number of amides is 1. The van der Waals surface area contributed by atoms with Gasteiger partial charge in [0.05, 0.1) is 57.5 Å². The van der Waals surface area contributed by atoms with Crippen molar-refractivity contribution in [1.82, 2.24) is 4.90 Å². The van der Waals surface area contributed by atoms with Crippen LogP contribution in [0, 0.1) is 0 Å². The van der Waals surface area contributed by atoms with E-state index in [0.29, 0.717) is 30.0 Å². The molecule has 0 saturated carbocycles. The van der Waals surface area contributed by atoms with Crippen molar-refractivity contribution in [3.8, 4) is 5.75 Å². The number of likely N-dealkylation sites (tertiary alicyclic amines) is 1. The van der Waals surface area contributed by atoms with E-state index in [-0.39, 0.29) is 22.7 Å². The number of rotatable bonds is 8. The van der Waals surface area contributed by atoms with E-state index in [9.17, 15) is 19.5 Å². The summed E-state index contributed by atoms with van der Waals surface area (Å²) in [7, 11) is 5.14. The van der Waals surface area contributed by atoms with Crippen LogP contribution in [-0.2, 0) is 14.3 Å². The SMILES string of the molecule is CCOc1ccc(C([O-])=C2C(=O)C(=O)N(CC[NH+](C)C)C2c2ccc(C(=O)OC)cc2)cc1Cl. The van der Waals surface area contributed by atoms with Gasteiger partial charge in [-0.3, -0.25) is 9.59 Å². The number of nitrogens with one attached hydrogen (secondary N) is 1. The van der Waals surface area contributed by atoms with Crippen LogP contribution in [0.2, 0.25) is 5.02 Å². The third-order valence-electron chi connectivity index (χ3n) is 5.52. The highest BCUT2D eigenvalue weighted by molar-refractivity contribution is 6.46. The quantitative estimate of drug-likeness (QED) is 0.257. The molecule has 1 saturated heterocycles. The van der Waals surface area contributed by atoms with Crippen LogP contribution in [0.25, 0.3) is 5.76 Å². The Hall–Kier alpha value is -3.36. The molecule has 0 radical (unpaired) electrons. The highest BCUT2D eigenvalue weighted by atomic mass is 35.5. The zero-order valence-corrected chi connectivity index (χ0v) is 20.3. The number of ether oxygens (including phenoxy) is 2. The van der Waals surface area contributed by atoms with Crippen LogP contribution >= 0.6 is 11.6 Å². The Morgan fingerprint density at radius 2 is 1.76 bits per heavy atom. The van der Waals surface area contributed by atoms with Crippen molar-refractivity contribution >= 4 is 35.0 Å². The molecule has 8 nitrogen and oxygen atoms in total. The Balaban J connectivity index is 2.12. The summed E-state index contributed by atoms with van der Waals surface area (Å²) in [6.45, 7) is 3.07. The van der Waals surface area contributed by atoms with E-state index in [4.69, 9.17) is 21.1 Å². The summed E-state index contributed by atoms with van der Waals surface area (Å²) < 4.78 is 10.2. The standard InChI is InChI=1S/C25H27ClN2O6/c1-5-34-19-11-10-17(14-18(19)26)22(29)20-21(15-6-8-16(9-7-15)25(32)33-4)28(13-12-27(2)3)24(31)23(20)30/h6-11,14,21,29H,5,12-13H2,1-4H3. The van der Waals surface area contributed by atoms with Gasteiger partial charge in [-0.2, -0.15) is 0 Å². The van der Waals surface area contributed by atoms with E-state index in [0.717, 1.165) is 4.90 Å². The molecule has 1 amide bonds. The Bertz CT molecular complexity index is 1130. The van der Waals surface area contributed by atoms with Gasteiger partial charge in [-0.15, -0.1) is 0 Å². The number of nitrogens with zero attached hydrogens (tertiary/aromatic N) is 1. The minimum Gasteiger partial charge on any atom is -0.872 e. The first-order valence-electron chi connectivity index (χ1n) is 10.9. The van der Waals surface area contributed by atoms with Crippen molar-refractivity contribution in [2.24, 2.45) is 0 Å². The van der Waals surface area contributed by atoms with Crippen molar-refractivity contribution in [1.29, 1.82) is 0 Å². The number of ketones is 1. The molecule has 1 aliphatic heterocycles. The molecule has 9 heteroatoms. The average Bonchev–Trinajstić information content (AvgIpc) is 3.08. The summed E-state index contributed by atoms with van der Waals surface area (Å²) in [6.07, 6.45) is 0. The van der Waals surface area contributed by atoms with Crippen molar-refractivity contribution in [3.05, 3.63) is 69.8 Å². The van der Waals surface area contributed by atoms with Crippen LogP contribution in [0.5, 0.6) is 5.75 Å². The van der Waals surface area contributed by atoms with Gasteiger partial charge >= 0.3 is 5.97 Å². The van der Waals surface area contributed by atoms with Crippen LogP contribution in [0.4, 0.5) is 0 Å². The van der Waals surface area contributed by atoms with E-state index in [1.807, 2.05) is 21.0 Å². The second kappa shape index (κ2) is 10.7. The number of carbonyl (C=O) groups is 3. The molecule has 1 unspecified atom stereocenters. The second-order valence-electron chi connectivity index (χ2n) is 8.12. The van der Waals surface area contributed by atoms with Crippen molar-refractivity contribution in [2.75, 3.05) is 40.9 Å². The first-order chi connectivity index (χ1) is 16.2. The van der Waals surface area contributed by atoms with E-state index < -0.39 is 29.5 Å². The number of quaternary nitrogens is 1. The molecule has 1 atom stereocenters. The molecule has 0 bridgehead atoms. The number of halogens is 1. The molecule has 2 aromatic carbocycles. The number of Topliss-reactive ketones (excluding diaryl/α,β-unsaturated/α-hetero) is 1. The van der Waals surface area contributed by atoms with Gasteiger partial charge in [0.1, 0.15) is 5.75 Å². The van der Waals surface area contributed by atoms with E-state index >= 15 is 0 Å². The van der Waals surface area contributed by atoms with Crippen molar-refractivity contribution in [2.45, 2.75) is 13.0 Å². The molecule has 3 rings (SSSR count). The largest absolute Gasteiger partial charge is 0.872 e. The van der Waals surface area contributed by atoms with Gasteiger partial charge in [-0.05, 0) is 42.3 Å². The highest BCUT2D eigenvalue weighted by Crippen LogP contribution is 2.39. The lowest BCUT2D eigenvalue weighted by atomic mass is 9.94. The van der Waals surface area contributed by atoms with Crippen LogP contribution < -0.4 is 14.7 Å². The first kappa shape index (κ1) is 25.3. The van der Waals surface area contributed by atoms with E-state index in [2.05, 4.69) is 0 Å². The molecule has 1 fully saturated rings. The number of benzene rings is 2. The Kier molecular flexibility index (Phi) is 7.96. The summed E-state index contributed by atoms with van der Waals surface area (Å²) >= 11 is 6.26. The molecular weight excluding hydrogens is 460 g/mol. The lowest BCUT2D eigenvalue weighted by molar-refractivity contribution is -0.857. The first-order valence-corrected chi connectivity index (χ1v) is 11.2. The Morgan fingerprint density at radius 1 is 1.12 bits per heavy atom. The van der Waals surface area contributed by atoms with E-state index in [1.165, 1.54) is 24.1 Å². The maximum Gasteiger partial charge on any atom is 0.337 e. The Morgan fingerprint density at radius 3 is 2.32 bits per heavy atom. The van der Waals surface area contributed by atoms with Gasteiger partial charge in [0.25, 0.3) is 5.91 Å². The minimum atomic E-state index is -0.885. The third kappa shape index (κ3) is 5.08. The predicted octanol–water partition coefficient (Wildman–Crippen LogP) is 0.894. The van der Waals surface area contributed by atoms with Crippen LogP contribution in [0.3, 0.4) is 0 Å². The summed E-state index contributed by atoms with van der Waals surface area (Å²) in [5, 5.41) is 13.7.